The van der Waals surface area contributed by atoms with Gasteiger partial charge in [-0.05, 0) is 37.0 Å². The Balaban J connectivity index is 1.67. The largest absolute Gasteiger partial charge is 0.321 e. The van der Waals surface area contributed by atoms with Gasteiger partial charge in [0.05, 0.1) is 6.20 Å². The van der Waals surface area contributed by atoms with Crippen LogP contribution in [0.5, 0.6) is 0 Å². The lowest BCUT2D eigenvalue weighted by atomic mass is 9.73. The van der Waals surface area contributed by atoms with Crippen molar-refractivity contribution in [1.82, 2.24) is 19.5 Å². The third-order valence-electron chi connectivity index (χ3n) is 5.32. The highest BCUT2D eigenvalue weighted by atomic mass is 15.1. The molecule has 1 aliphatic rings. The highest BCUT2D eigenvalue weighted by Crippen LogP contribution is 2.39. The van der Waals surface area contributed by atoms with Crippen molar-refractivity contribution in [3.63, 3.8) is 0 Å². The summed E-state index contributed by atoms with van der Waals surface area (Å²) in [6, 6.07) is 18.7. The standard InChI is InChI=1S/C21H19N5/c22-21(11-4-12-21)16-9-7-15(8-10-16)20-25-19-18(13-23-14-24-19)26(20)17-5-2-1-3-6-17/h1-3,5-10,13-14H,4,11-12,22H2. The molecule has 0 bridgehead atoms. The molecule has 0 aliphatic heterocycles. The molecule has 5 rings (SSSR count). The third kappa shape index (κ3) is 2.32. The quantitative estimate of drug-likeness (QED) is 0.615. The third-order valence-corrected chi connectivity index (χ3v) is 5.32. The van der Waals surface area contributed by atoms with Crippen molar-refractivity contribution in [3.05, 3.63) is 72.7 Å². The van der Waals surface area contributed by atoms with E-state index in [2.05, 4.69) is 50.9 Å². The summed E-state index contributed by atoms with van der Waals surface area (Å²) in [6.07, 6.45) is 6.67. The number of aromatic nitrogens is 4. The Labute approximate surface area is 151 Å². The van der Waals surface area contributed by atoms with Crippen LogP contribution in [0.3, 0.4) is 0 Å². The lowest BCUT2D eigenvalue weighted by molar-refractivity contribution is 0.253. The van der Waals surface area contributed by atoms with Crippen molar-refractivity contribution >= 4 is 11.2 Å². The Hall–Kier alpha value is -3.05. The van der Waals surface area contributed by atoms with E-state index >= 15 is 0 Å². The van der Waals surface area contributed by atoms with E-state index < -0.39 is 0 Å². The molecule has 2 heterocycles. The predicted molar refractivity (Wildman–Crippen MR) is 102 cm³/mol. The normalized spacial score (nSPS) is 15.7. The number of hydrogen-bond acceptors (Lipinski definition) is 4. The molecule has 0 spiro atoms. The maximum Gasteiger partial charge on any atom is 0.181 e. The molecule has 0 unspecified atom stereocenters. The lowest BCUT2D eigenvalue weighted by Gasteiger charge is -2.38. The van der Waals surface area contributed by atoms with Gasteiger partial charge in [-0.15, -0.1) is 0 Å². The van der Waals surface area contributed by atoms with Crippen molar-refractivity contribution in [2.45, 2.75) is 24.8 Å². The van der Waals surface area contributed by atoms with Crippen molar-refractivity contribution < 1.29 is 0 Å². The van der Waals surface area contributed by atoms with Gasteiger partial charge in [-0.1, -0.05) is 42.5 Å². The minimum absolute atomic E-state index is 0.149. The Morgan fingerprint density at radius 2 is 1.73 bits per heavy atom. The number of rotatable bonds is 3. The van der Waals surface area contributed by atoms with Crippen LogP contribution in [-0.4, -0.2) is 19.5 Å². The molecule has 2 aromatic heterocycles. The zero-order valence-electron chi connectivity index (χ0n) is 14.3. The van der Waals surface area contributed by atoms with Gasteiger partial charge in [-0.3, -0.25) is 4.57 Å². The van der Waals surface area contributed by atoms with Crippen LogP contribution in [0, 0.1) is 0 Å². The molecule has 0 amide bonds. The molecular formula is C21H19N5. The summed E-state index contributed by atoms with van der Waals surface area (Å²) in [4.78, 5) is 13.3. The van der Waals surface area contributed by atoms with Crippen molar-refractivity contribution in [2.24, 2.45) is 5.73 Å². The topological polar surface area (TPSA) is 69.6 Å². The maximum absolute atomic E-state index is 6.46. The first-order chi connectivity index (χ1) is 12.7. The second kappa shape index (κ2) is 5.75. The first kappa shape index (κ1) is 15.2. The first-order valence-electron chi connectivity index (χ1n) is 8.88. The van der Waals surface area contributed by atoms with Crippen molar-refractivity contribution in [2.75, 3.05) is 0 Å². The highest BCUT2D eigenvalue weighted by molar-refractivity contribution is 5.79. The zero-order chi connectivity index (χ0) is 17.6. The Bertz CT molecular complexity index is 1060. The second-order valence-electron chi connectivity index (χ2n) is 6.92. The fourth-order valence-electron chi connectivity index (χ4n) is 3.65. The van der Waals surface area contributed by atoms with Crippen molar-refractivity contribution in [3.8, 4) is 17.1 Å². The molecule has 0 radical (unpaired) electrons. The van der Waals surface area contributed by atoms with Gasteiger partial charge in [-0.25, -0.2) is 15.0 Å². The van der Waals surface area contributed by atoms with E-state index in [0.29, 0.717) is 5.65 Å². The minimum Gasteiger partial charge on any atom is -0.321 e. The van der Waals surface area contributed by atoms with E-state index in [-0.39, 0.29) is 5.54 Å². The second-order valence-corrected chi connectivity index (χ2v) is 6.92. The molecule has 2 N–H and O–H groups in total. The molecule has 1 saturated carbocycles. The smallest absolute Gasteiger partial charge is 0.181 e. The SMILES string of the molecule is NC1(c2ccc(-c3nc4ncncc4n3-c3ccccc3)cc2)CCC1. The molecule has 128 valence electrons. The monoisotopic (exact) mass is 341 g/mol. The average molecular weight is 341 g/mol. The number of benzene rings is 2. The van der Waals surface area contributed by atoms with Crippen LogP contribution in [0.1, 0.15) is 24.8 Å². The number of para-hydroxylation sites is 1. The number of hydrogen-bond donors (Lipinski definition) is 1. The molecular weight excluding hydrogens is 322 g/mol. The van der Waals surface area contributed by atoms with Gasteiger partial charge in [0.25, 0.3) is 0 Å². The van der Waals surface area contributed by atoms with Gasteiger partial charge in [0.1, 0.15) is 17.7 Å². The summed E-state index contributed by atoms with van der Waals surface area (Å²) in [5.41, 5.74) is 11.2. The van der Waals surface area contributed by atoms with Gasteiger partial charge < -0.3 is 5.73 Å². The van der Waals surface area contributed by atoms with E-state index in [0.717, 1.165) is 35.4 Å². The number of nitrogens with zero attached hydrogens (tertiary/aromatic N) is 4. The van der Waals surface area contributed by atoms with Crippen LogP contribution < -0.4 is 5.73 Å². The first-order valence-corrected chi connectivity index (χ1v) is 8.88. The minimum atomic E-state index is -0.149. The summed E-state index contributed by atoms with van der Waals surface area (Å²) in [5.74, 6) is 0.859. The molecule has 1 fully saturated rings. The van der Waals surface area contributed by atoms with E-state index in [1.807, 2.05) is 24.4 Å². The lowest BCUT2D eigenvalue weighted by Crippen LogP contribution is -2.43. The van der Waals surface area contributed by atoms with Crippen LogP contribution in [0.4, 0.5) is 0 Å². The van der Waals surface area contributed by atoms with Gasteiger partial charge >= 0.3 is 0 Å². The number of imidazole rings is 1. The van der Waals surface area contributed by atoms with Crippen LogP contribution in [0.2, 0.25) is 0 Å². The number of fused-ring (bicyclic) bond motifs is 1. The maximum atomic E-state index is 6.46. The van der Waals surface area contributed by atoms with Gasteiger partial charge in [-0.2, -0.15) is 0 Å². The van der Waals surface area contributed by atoms with E-state index in [1.165, 1.54) is 18.3 Å². The summed E-state index contributed by atoms with van der Waals surface area (Å²) in [6.45, 7) is 0. The van der Waals surface area contributed by atoms with Gasteiger partial charge in [0.15, 0.2) is 5.65 Å². The van der Waals surface area contributed by atoms with E-state index in [1.54, 1.807) is 0 Å². The van der Waals surface area contributed by atoms with E-state index in [9.17, 15) is 0 Å². The van der Waals surface area contributed by atoms with Gasteiger partial charge in [0.2, 0.25) is 0 Å². The summed E-state index contributed by atoms with van der Waals surface area (Å²) < 4.78 is 2.10. The molecule has 0 atom stereocenters. The van der Waals surface area contributed by atoms with Gasteiger partial charge in [0, 0.05) is 16.8 Å². The predicted octanol–water partition coefficient (Wildman–Crippen LogP) is 3.82. The number of nitrogens with two attached hydrogens (primary N) is 1. The van der Waals surface area contributed by atoms with Crippen LogP contribution >= 0.6 is 0 Å². The Morgan fingerprint density at radius 1 is 0.962 bits per heavy atom. The molecule has 0 saturated heterocycles. The molecule has 26 heavy (non-hydrogen) atoms. The van der Waals surface area contributed by atoms with E-state index in [4.69, 9.17) is 10.7 Å². The summed E-state index contributed by atoms with van der Waals surface area (Å²) in [5, 5.41) is 0. The Morgan fingerprint density at radius 3 is 2.42 bits per heavy atom. The fraction of sp³-hybridized carbons (Fsp3) is 0.190. The average Bonchev–Trinajstić information content (AvgIpc) is 3.06. The highest BCUT2D eigenvalue weighted by Gasteiger charge is 2.34. The Kier molecular flexibility index (Phi) is 3.36. The summed E-state index contributed by atoms with van der Waals surface area (Å²) >= 11 is 0. The molecule has 5 heteroatoms. The molecule has 1 aliphatic carbocycles. The zero-order valence-corrected chi connectivity index (χ0v) is 14.3. The van der Waals surface area contributed by atoms with Crippen LogP contribution in [0.15, 0.2) is 67.1 Å². The molecule has 2 aromatic carbocycles. The fourth-order valence-corrected chi connectivity index (χ4v) is 3.65. The van der Waals surface area contributed by atoms with Crippen LogP contribution in [0.25, 0.3) is 28.2 Å². The van der Waals surface area contributed by atoms with Crippen LogP contribution in [-0.2, 0) is 5.54 Å². The molecule has 5 nitrogen and oxygen atoms in total. The molecule has 4 aromatic rings. The summed E-state index contributed by atoms with van der Waals surface area (Å²) in [7, 11) is 0. The van der Waals surface area contributed by atoms with Crippen molar-refractivity contribution in [1.29, 1.82) is 0 Å².